The van der Waals surface area contributed by atoms with Gasteiger partial charge in [-0.3, -0.25) is 0 Å². The van der Waals surface area contributed by atoms with Gasteiger partial charge in [0, 0.05) is 5.56 Å². The molecule has 0 amide bonds. The zero-order valence-corrected chi connectivity index (χ0v) is 15.0. The summed E-state index contributed by atoms with van der Waals surface area (Å²) in [6.45, 7) is 2.18. The molecule has 2 aromatic carbocycles. The summed E-state index contributed by atoms with van der Waals surface area (Å²) in [6.07, 6.45) is 0.503. The largest absolute Gasteiger partial charge is 0.573 e. The van der Waals surface area contributed by atoms with Crippen molar-refractivity contribution in [3.63, 3.8) is 0 Å². The zero-order valence-electron chi connectivity index (χ0n) is 15.0. The first kappa shape index (κ1) is 19.6. The van der Waals surface area contributed by atoms with Crippen LogP contribution in [0.3, 0.4) is 0 Å². The van der Waals surface area contributed by atoms with Gasteiger partial charge in [-0.15, -0.1) is 13.2 Å². The predicted octanol–water partition coefficient (Wildman–Crippen LogP) is 7.21. The second-order valence-electron chi connectivity index (χ2n) is 7.06. The van der Waals surface area contributed by atoms with Crippen LogP contribution in [0, 0.1) is 17.6 Å². The summed E-state index contributed by atoms with van der Waals surface area (Å²) in [5.74, 6) is -1.57. The van der Waals surface area contributed by atoms with Crippen LogP contribution in [0.4, 0.5) is 22.0 Å². The third-order valence-electron chi connectivity index (χ3n) is 5.36. The van der Waals surface area contributed by atoms with Crippen molar-refractivity contribution in [2.75, 3.05) is 0 Å². The van der Waals surface area contributed by atoms with Crippen LogP contribution >= 0.6 is 0 Å². The predicted molar refractivity (Wildman–Crippen MR) is 93.5 cm³/mol. The molecule has 146 valence electrons. The Bertz CT molecular complexity index is 792. The van der Waals surface area contributed by atoms with Crippen molar-refractivity contribution in [1.29, 1.82) is 0 Å². The summed E-state index contributed by atoms with van der Waals surface area (Å²) in [5, 5.41) is 0. The first-order valence-electron chi connectivity index (χ1n) is 9.12. The van der Waals surface area contributed by atoms with Crippen LogP contribution in [-0.4, -0.2) is 6.36 Å². The highest BCUT2D eigenvalue weighted by molar-refractivity contribution is 5.65. The Morgan fingerprint density at radius 3 is 2.19 bits per heavy atom. The van der Waals surface area contributed by atoms with Crippen molar-refractivity contribution in [3.05, 3.63) is 53.6 Å². The van der Waals surface area contributed by atoms with Crippen molar-refractivity contribution >= 4 is 0 Å². The Balaban J connectivity index is 1.79. The molecule has 1 fully saturated rings. The van der Waals surface area contributed by atoms with E-state index >= 15 is 0 Å². The molecule has 6 heteroatoms. The summed E-state index contributed by atoms with van der Waals surface area (Å²) in [5.41, 5.74) is 1.24. The lowest BCUT2D eigenvalue weighted by atomic mass is 9.77. The van der Waals surface area contributed by atoms with Crippen LogP contribution in [0.25, 0.3) is 11.1 Å². The number of halogens is 5. The molecule has 1 saturated carbocycles. The second-order valence-corrected chi connectivity index (χ2v) is 7.06. The molecular weight excluding hydrogens is 363 g/mol. The van der Waals surface area contributed by atoms with E-state index in [0.29, 0.717) is 5.92 Å². The Morgan fingerprint density at radius 1 is 0.926 bits per heavy atom. The van der Waals surface area contributed by atoms with Gasteiger partial charge in [0.15, 0.2) is 11.6 Å². The molecule has 0 aromatic heterocycles. The lowest BCUT2D eigenvalue weighted by Gasteiger charge is -2.28. The van der Waals surface area contributed by atoms with Crippen molar-refractivity contribution in [1.82, 2.24) is 0 Å². The van der Waals surface area contributed by atoms with Gasteiger partial charge in [-0.2, -0.15) is 0 Å². The number of hydrogen-bond acceptors (Lipinski definition) is 1. The topological polar surface area (TPSA) is 9.23 Å². The van der Waals surface area contributed by atoms with E-state index in [0.717, 1.165) is 49.3 Å². The number of rotatable bonds is 4. The van der Waals surface area contributed by atoms with Crippen LogP contribution < -0.4 is 4.74 Å². The van der Waals surface area contributed by atoms with Crippen molar-refractivity contribution in [3.8, 4) is 16.9 Å². The molecule has 2 aromatic rings. The molecule has 0 saturated heterocycles. The molecule has 0 aliphatic heterocycles. The average molecular weight is 384 g/mol. The van der Waals surface area contributed by atoms with Crippen LogP contribution in [0.5, 0.6) is 5.75 Å². The molecule has 0 N–H and O–H groups in total. The smallest absolute Gasteiger partial charge is 0.403 e. The molecule has 1 aliphatic rings. The van der Waals surface area contributed by atoms with Gasteiger partial charge in [-0.05, 0) is 66.8 Å². The summed E-state index contributed by atoms with van der Waals surface area (Å²) in [6, 6.07) is 7.78. The summed E-state index contributed by atoms with van der Waals surface area (Å²) >= 11 is 0. The van der Waals surface area contributed by atoms with Crippen LogP contribution in [0.15, 0.2) is 36.4 Å². The van der Waals surface area contributed by atoms with E-state index in [2.05, 4.69) is 11.7 Å². The van der Waals surface area contributed by atoms with Crippen LogP contribution in [0.1, 0.15) is 50.5 Å². The maximum absolute atomic E-state index is 14.6. The fourth-order valence-electron chi connectivity index (χ4n) is 3.80. The summed E-state index contributed by atoms with van der Waals surface area (Å²) in [7, 11) is 0. The Hall–Kier alpha value is -2.11. The second kappa shape index (κ2) is 7.87. The highest BCUT2D eigenvalue weighted by Crippen LogP contribution is 2.38. The van der Waals surface area contributed by atoms with Gasteiger partial charge >= 0.3 is 6.36 Å². The van der Waals surface area contributed by atoms with E-state index in [1.807, 2.05) is 6.07 Å². The van der Waals surface area contributed by atoms with E-state index in [1.54, 1.807) is 6.07 Å². The molecule has 0 unspecified atom stereocenters. The molecule has 3 rings (SSSR count). The van der Waals surface area contributed by atoms with Crippen molar-refractivity contribution < 1.29 is 26.7 Å². The summed E-state index contributed by atoms with van der Waals surface area (Å²) < 4.78 is 68.8. The minimum atomic E-state index is -4.98. The van der Waals surface area contributed by atoms with E-state index in [-0.39, 0.29) is 11.1 Å². The molecule has 0 atom stereocenters. The van der Waals surface area contributed by atoms with E-state index in [9.17, 15) is 22.0 Å². The van der Waals surface area contributed by atoms with Gasteiger partial charge in [0.05, 0.1) is 0 Å². The third-order valence-corrected chi connectivity index (χ3v) is 5.36. The minimum absolute atomic E-state index is 0.151. The maximum atomic E-state index is 14.6. The molecule has 1 aliphatic carbocycles. The molecule has 0 spiro atoms. The Morgan fingerprint density at radius 2 is 1.63 bits per heavy atom. The third kappa shape index (κ3) is 4.79. The fourth-order valence-corrected chi connectivity index (χ4v) is 3.80. The van der Waals surface area contributed by atoms with E-state index in [1.165, 1.54) is 18.6 Å². The fraction of sp³-hybridized carbons (Fsp3) is 0.429. The molecule has 0 radical (unpaired) electrons. The number of ether oxygens (including phenoxy) is 1. The number of hydrogen-bond donors (Lipinski definition) is 0. The van der Waals surface area contributed by atoms with Gasteiger partial charge in [0.1, 0.15) is 5.82 Å². The molecule has 0 heterocycles. The highest BCUT2D eigenvalue weighted by Gasteiger charge is 2.32. The first-order valence-corrected chi connectivity index (χ1v) is 9.12. The van der Waals surface area contributed by atoms with Crippen LogP contribution in [0.2, 0.25) is 0 Å². The monoisotopic (exact) mass is 384 g/mol. The maximum Gasteiger partial charge on any atom is 0.573 e. The highest BCUT2D eigenvalue weighted by atomic mass is 19.4. The first-order chi connectivity index (χ1) is 12.8. The van der Waals surface area contributed by atoms with Gasteiger partial charge in [-0.1, -0.05) is 31.5 Å². The van der Waals surface area contributed by atoms with Gasteiger partial charge < -0.3 is 4.74 Å². The van der Waals surface area contributed by atoms with Gasteiger partial charge in [0.2, 0.25) is 0 Å². The quantitative estimate of drug-likeness (QED) is 0.506. The SMILES string of the molecule is CCC1CCC(c2ccc(-c3ccc(OC(F)(F)F)c(F)c3)c(F)c2)CC1. The van der Waals surface area contributed by atoms with Crippen LogP contribution in [-0.2, 0) is 0 Å². The molecule has 27 heavy (non-hydrogen) atoms. The lowest BCUT2D eigenvalue weighted by molar-refractivity contribution is -0.275. The standard InChI is InChI=1S/C21H21F5O/c1-2-13-3-5-14(6-4-13)15-7-9-17(18(22)11-15)16-8-10-20(19(23)12-16)27-21(24,25)26/h7-14H,2-6H2,1H3. The Labute approximate surface area is 155 Å². The molecule has 1 nitrogen and oxygen atoms in total. The number of benzene rings is 2. The van der Waals surface area contributed by atoms with Gasteiger partial charge in [-0.25, -0.2) is 8.78 Å². The average Bonchev–Trinajstić information content (AvgIpc) is 2.62. The summed E-state index contributed by atoms with van der Waals surface area (Å²) in [4.78, 5) is 0. The normalized spacial score (nSPS) is 20.5. The molecule has 0 bridgehead atoms. The zero-order chi connectivity index (χ0) is 19.6. The van der Waals surface area contributed by atoms with E-state index in [4.69, 9.17) is 0 Å². The van der Waals surface area contributed by atoms with Gasteiger partial charge in [0.25, 0.3) is 0 Å². The van der Waals surface area contributed by atoms with E-state index < -0.39 is 23.7 Å². The van der Waals surface area contributed by atoms with Crippen molar-refractivity contribution in [2.45, 2.75) is 51.3 Å². The number of alkyl halides is 3. The Kier molecular flexibility index (Phi) is 5.72. The lowest BCUT2D eigenvalue weighted by Crippen LogP contribution is -2.17. The molecular formula is C21H21F5O. The van der Waals surface area contributed by atoms with Crippen molar-refractivity contribution in [2.24, 2.45) is 5.92 Å². The minimum Gasteiger partial charge on any atom is -0.403 e.